The van der Waals surface area contributed by atoms with Gasteiger partial charge in [0.1, 0.15) is 0 Å². The van der Waals surface area contributed by atoms with Gasteiger partial charge in [-0.15, -0.1) is 0 Å². The molecule has 0 spiro atoms. The first kappa shape index (κ1) is 19.8. The molecule has 0 aliphatic heterocycles. The summed E-state index contributed by atoms with van der Waals surface area (Å²) in [6, 6.07) is 37.8. The number of hydrogen-bond donors (Lipinski definition) is 0. The zero-order chi connectivity index (χ0) is 21.3. The number of hydrogen-bond acceptors (Lipinski definition) is 2. The summed E-state index contributed by atoms with van der Waals surface area (Å²) < 4.78 is 7.25. The Hall–Kier alpha value is -3.13. The normalized spacial score (nSPS) is 13.0. The second kappa shape index (κ2) is 7.53. The van der Waals surface area contributed by atoms with E-state index in [1.165, 1.54) is 0 Å². The maximum atomic E-state index is 13.0. The van der Waals surface area contributed by atoms with Gasteiger partial charge in [-0.25, -0.2) is 0 Å². The average molecular weight is 446 g/mol. The number of rotatable bonds is 5. The van der Waals surface area contributed by atoms with E-state index in [2.05, 4.69) is 36.4 Å². The van der Waals surface area contributed by atoms with Crippen molar-refractivity contribution in [3.05, 3.63) is 126 Å². The predicted octanol–water partition coefficient (Wildman–Crippen LogP) is 5.24. The molecule has 0 amide bonds. The van der Waals surface area contributed by atoms with Crippen LogP contribution in [0.2, 0.25) is 0 Å². The third-order valence-electron chi connectivity index (χ3n) is 5.86. The Morgan fingerprint density at radius 3 is 1.55 bits per heavy atom. The monoisotopic (exact) mass is 445 g/mol. The number of oxazole rings is 1. The number of fused-ring (bicyclic) bond motifs is 1. The molecular formula is C26H21ClNO2P. The van der Waals surface area contributed by atoms with Gasteiger partial charge in [0.2, 0.25) is 0 Å². The molecule has 0 aliphatic rings. The van der Waals surface area contributed by atoms with Gasteiger partial charge in [-0.2, -0.15) is 0 Å². The molecule has 4 aromatic carbocycles. The fourth-order valence-corrected chi connectivity index (χ4v) is 10.2. The first-order valence-corrected chi connectivity index (χ1v) is 13.4. The van der Waals surface area contributed by atoms with Crippen molar-refractivity contribution in [2.75, 3.05) is 0 Å². The van der Waals surface area contributed by atoms with Crippen molar-refractivity contribution in [2.45, 2.75) is 6.29 Å². The van der Waals surface area contributed by atoms with Crippen LogP contribution in [0.15, 0.2) is 124 Å². The molecular weight excluding hydrogens is 425 g/mol. The van der Waals surface area contributed by atoms with Gasteiger partial charge in [0, 0.05) is 0 Å². The molecule has 31 heavy (non-hydrogen) atoms. The SMILES string of the molecule is O=c1oc2ccccc2n1CP(Cl)(c1ccccc1)(c1ccccc1)c1ccccc1. The van der Waals surface area contributed by atoms with Crippen LogP contribution in [0, 0.1) is 0 Å². The van der Waals surface area contributed by atoms with Crippen molar-refractivity contribution in [3.8, 4) is 0 Å². The van der Waals surface area contributed by atoms with Crippen LogP contribution in [0.1, 0.15) is 0 Å². The van der Waals surface area contributed by atoms with E-state index in [0.29, 0.717) is 11.9 Å². The first-order chi connectivity index (χ1) is 15.1. The Bertz CT molecular complexity index is 1300. The fraction of sp³-hybridized carbons (Fsp3) is 0.0385. The Balaban J connectivity index is 1.91. The second-order valence-corrected chi connectivity index (χ2v) is 14.0. The second-order valence-electron chi connectivity index (χ2n) is 7.59. The minimum absolute atomic E-state index is 0.293. The summed E-state index contributed by atoms with van der Waals surface area (Å²) in [6.45, 7) is 0. The molecule has 0 bridgehead atoms. The van der Waals surface area contributed by atoms with Gasteiger partial charge in [0.15, 0.2) is 0 Å². The number of aromatic nitrogens is 1. The Labute approximate surface area is 185 Å². The topological polar surface area (TPSA) is 35.1 Å². The molecule has 0 aliphatic carbocycles. The number of para-hydroxylation sites is 2. The summed E-state index contributed by atoms with van der Waals surface area (Å²) in [6.07, 6.45) is 0.293. The van der Waals surface area contributed by atoms with Crippen molar-refractivity contribution in [2.24, 2.45) is 0 Å². The first-order valence-electron chi connectivity index (χ1n) is 10.1. The Morgan fingerprint density at radius 2 is 1.06 bits per heavy atom. The fourth-order valence-electron chi connectivity index (χ4n) is 4.32. The molecule has 0 N–H and O–H groups in total. The van der Waals surface area contributed by atoms with Crippen molar-refractivity contribution in [1.82, 2.24) is 4.57 Å². The molecule has 0 saturated carbocycles. The van der Waals surface area contributed by atoms with Crippen LogP contribution in [-0.4, -0.2) is 4.57 Å². The van der Waals surface area contributed by atoms with Gasteiger partial charge < -0.3 is 0 Å². The van der Waals surface area contributed by atoms with Crippen LogP contribution in [0.5, 0.6) is 0 Å². The molecule has 0 radical (unpaired) electrons. The predicted molar refractivity (Wildman–Crippen MR) is 131 cm³/mol. The minimum atomic E-state index is -3.62. The molecule has 0 saturated heterocycles. The van der Waals surface area contributed by atoms with Crippen LogP contribution in [-0.2, 0) is 6.29 Å². The zero-order valence-corrected chi connectivity index (χ0v) is 18.4. The standard InChI is InChI=1S/C26H21ClNO2P/c27-31(21-12-4-1-5-13-21,22-14-6-2-7-15-22,23-16-8-3-9-17-23)20-28-24-18-10-11-19-25(24)30-26(28)29/h1-19H,20H2. The van der Waals surface area contributed by atoms with Gasteiger partial charge in [-0.05, 0) is 0 Å². The quantitative estimate of drug-likeness (QED) is 0.347. The van der Waals surface area contributed by atoms with E-state index in [1.807, 2.05) is 78.9 Å². The molecule has 3 nitrogen and oxygen atoms in total. The summed E-state index contributed by atoms with van der Waals surface area (Å²) in [5, 5.41) is 3.01. The van der Waals surface area contributed by atoms with E-state index in [0.717, 1.165) is 21.4 Å². The summed E-state index contributed by atoms with van der Waals surface area (Å²) >= 11 is 8.07. The summed E-state index contributed by atoms with van der Waals surface area (Å²) in [5.74, 6) is -4.03. The van der Waals surface area contributed by atoms with E-state index in [4.69, 9.17) is 15.7 Å². The zero-order valence-electron chi connectivity index (χ0n) is 16.8. The molecule has 1 aromatic heterocycles. The molecule has 5 rings (SSSR count). The van der Waals surface area contributed by atoms with E-state index >= 15 is 0 Å². The van der Waals surface area contributed by atoms with Gasteiger partial charge in [0.05, 0.1) is 0 Å². The molecule has 0 atom stereocenters. The number of benzene rings is 4. The van der Waals surface area contributed by atoms with Crippen LogP contribution in [0.3, 0.4) is 0 Å². The maximum absolute atomic E-state index is 13.0. The third kappa shape index (κ3) is 3.05. The number of halogens is 1. The Kier molecular flexibility index (Phi) is 4.81. The summed E-state index contributed by atoms with van der Waals surface area (Å²) in [4.78, 5) is 13.0. The van der Waals surface area contributed by atoms with E-state index in [9.17, 15) is 4.79 Å². The third-order valence-corrected chi connectivity index (χ3v) is 12.9. The molecule has 5 heteroatoms. The summed E-state index contributed by atoms with van der Waals surface area (Å²) in [5.41, 5.74) is 1.30. The van der Waals surface area contributed by atoms with Crippen LogP contribution >= 0.6 is 17.2 Å². The Morgan fingerprint density at radius 1 is 0.645 bits per heavy atom. The molecule has 154 valence electrons. The average Bonchev–Trinajstić information content (AvgIpc) is 3.15. The van der Waals surface area contributed by atoms with Gasteiger partial charge in [-0.3, -0.25) is 0 Å². The van der Waals surface area contributed by atoms with Crippen molar-refractivity contribution >= 4 is 44.2 Å². The van der Waals surface area contributed by atoms with Crippen molar-refractivity contribution in [3.63, 3.8) is 0 Å². The van der Waals surface area contributed by atoms with Crippen molar-refractivity contribution < 1.29 is 4.42 Å². The summed E-state index contributed by atoms with van der Waals surface area (Å²) in [7, 11) is 0. The van der Waals surface area contributed by atoms with Gasteiger partial charge in [-0.1, -0.05) is 0 Å². The molecule has 0 unspecified atom stereocenters. The van der Waals surface area contributed by atoms with Gasteiger partial charge >= 0.3 is 185 Å². The van der Waals surface area contributed by atoms with Crippen LogP contribution in [0.4, 0.5) is 0 Å². The number of nitrogens with zero attached hydrogens (tertiary/aromatic N) is 1. The van der Waals surface area contributed by atoms with Gasteiger partial charge in [0.25, 0.3) is 0 Å². The van der Waals surface area contributed by atoms with Crippen LogP contribution in [0.25, 0.3) is 11.1 Å². The molecule has 5 aromatic rings. The van der Waals surface area contributed by atoms with Crippen LogP contribution < -0.4 is 21.7 Å². The molecule has 0 fully saturated rings. The van der Waals surface area contributed by atoms with Crippen molar-refractivity contribution in [1.29, 1.82) is 0 Å². The van der Waals surface area contributed by atoms with E-state index in [1.54, 1.807) is 4.57 Å². The van der Waals surface area contributed by atoms with E-state index < -0.39 is 11.7 Å². The molecule has 1 heterocycles. The van der Waals surface area contributed by atoms with E-state index in [-0.39, 0.29) is 0 Å².